The lowest BCUT2D eigenvalue weighted by Crippen LogP contribution is -2.42. The van der Waals surface area contributed by atoms with Crippen molar-refractivity contribution in [3.05, 3.63) is 0 Å². The minimum atomic E-state index is -0.360. The fourth-order valence-electron chi connectivity index (χ4n) is 3.13. The summed E-state index contributed by atoms with van der Waals surface area (Å²) >= 11 is 0. The third kappa shape index (κ3) is 3.69. The Morgan fingerprint density at radius 2 is 1.94 bits per heavy atom. The van der Waals surface area contributed by atoms with Crippen LogP contribution in [0.25, 0.3) is 0 Å². The van der Waals surface area contributed by atoms with Gasteiger partial charge in [0.15, 0.2) is 0 Å². The number of carbonyl (C=O) groups is 1. The van der Waals surface area contributed by atoms with Crippen LogP contribution in [0.4, 0.5) is 0 Å². The van der Waals surface area contributed by atoms with Crippen LogP contribution in [0.5, 0.6) is 0 Å². The maximum absolute atomic E-state index is 11.9. The molecule has 0 aromatic rings. The van der Waals surface area contributed by atoms with Gasteiger partial charge in [-0.25, -0.2) is 0 Å². The zero-order valence-electron chi connectivity index (χ0n) is 11.3. The van der Waals surface area contributed by atoms with Crippen LogP contribution in [0.3, 0.4) is 0 Å². The number of hydrogen-bond acceptors (Lipinski definition) is 3. The van der Waals surface area contributed by atoms with Crippen molar-refractivity contribution in [3.8, 4) is 0 Å². The van der Waals surface area contributed by atoms with Crippen LogP contribution >= 0.6 is 0 Å². The Balaban J connectivity index is 1.64. The number of carbonyl (C=O) groups excluding carboxylic acids is 1. The fourth-order valence-corrected chi connectivity index (χ4v) is 3.13. The number of hydrogen-bond donors (Lipinski definition) is 3. The molecule has 0 spiro atoms. The smallest absolute Gasteiger partial charge is 0.237 e. The van der Waals surface area contributed by atoms with E-state index in [1.807, 2.05) is 0 Å². The first kappa shape index (κ1) is 13.8. The van der Waals surface area contributed by atoms with Crippen LogP contribution in [-0.4, -0.2) is 36.2 Å². The van der Waals surface area contributed by atoms with E-state index in [2.05, 4.69) is 17.6 Å². The molecule has 1 heterocycles. The van der Waals surface area contributed by atoms with Crippen molar-refractivity contribution in [2.45, 2.75) is 57.6 Å². The molecule has 0 radical (unpaired) electrons. The summed E-state index contributed by atoms with van der Waals surface area (Å²) in [4.78, 5) is 11.9. The van der Waals surface area contributed by atoms with Gasteiger partial charge < -0.3 is 15.7 Å². The highest BCUT2D eigenvalue weighted by molar-refractivity contribution is 5.82. The monoisotopic (exact) mass is 254 g/mol. The minimum absolute atomic E-state index is 0.0594. The second-order valence-corrected chi connectivity index (χ2v) is 5.89. The van der Waals surface area contributed by atoms with Gasteiger partial charge in [-0.15, -0.1) is 0 Å². The van der Waals surface area contributed by atoms with E-state index in [1.165, 1.54) is 32.1 Å². The van der Waals surface area contributed by atoms with Crippen LogP contribution in [-0.2, 0) is 4.79 Å². The molecule has 1 amide bonds. The first-order valence-corrected chi connectivity index (χ1v) is 7.38. The van der Waals surface area contributed by atoms with Crippen LogP contribution < -0.4 is 10.6 Å². The van der Waals surface area contributed by atoms with Crippen LogP contribution in [0.2, 0.25) is 0 Å². The van der Waals surface area contributed by atoms with E-state index in [0.717, 1.165) is 12.5 Å². The van der Waals surface area contributed by atoms with E-state index in [0.29, 0.717) is 18.9 Å². The number of aliphatic hydroxyl groups excluding tert-OH is 1. The highest BCUT2D eigenvalue weighted by Crippen LogP contribution is 2.30. The van der Waals surface area contributed by atoms with Gasteiger partial charge in [0.05, 0.1) is 12.1 Å². The third-order valence-corrected chi connectivity index (χ3v) is 4.53. The standard InChI is InChI=1S/C14H26N2O2/c1-2-10-3-5-11(6-4-10)8-16-14(18)13-7-12(17)9-15-13/h10-13,15,17H,2-9H2,1H3,(H,16,18). The third-order valence-electron chi connectivity index (χ3n) is 4.53. The van der Waals surface area contributed by atoms with Gasteiger partial charge in [-0.2, -0.15) is 0 Å². The molecule has 1 aliphatic heterocycles. The van der Waals surface area contributed by atoms with Crippen LogP contribution in [0.15, 0.2) is 0 Å². The average Bonchev–Trinajstić information content (AvgIpc) is 2.83. The van der Waals surface area contributed by atoms with Crippen molar-refractivity contribution >= 4 is 5.91 Å². The summed E-state index contributed by atoms with van der Waals surface area (Å²) in [6, 6.07) is -0.188. The molecule has 2 unspecified atom stereocenters. The molecule has 3 N–H and O–H groups in total. The topological polar surface area (TPSA) is 61.4 Å². The maximum atomic E-state index is 11.9. The molecule has 18 heavy (non-hydrogen) atoms. The predicted molar refractivity (Wildman–Crippen MR) is 71.2 cm³/mol. The van der Waals surface area contributed by atoms with Crippen molar-refractivity contribution in [2.75, 3.05) is 13.1 Å². The number of amides is 1. The molecule has 2 rings (SSSR count). The molecule has 1 saturated carbocycles. The molecule has 1 aliphatic carbocycles. The summed E-state index contributed by atoms with van der Waals surface area (Å²) < 4.78 is 0. The molecule has 4 nitrogen and oxygen atoms in total. The first-order chi connectivity index (χ1) is 8.69. The molecule has 2 fully saturated rings. The molecule has 4 heteroatoms. The van der Waals surface area contributed by atoms with Crippen molar-refractivity contribution < 1.29 is 9.90 Å². The van der Waals surface area contributed by atoms with Gasteiger partial charge in [0, 0.05) is 13.1 Å². The maximum Gasteiger partial charge on any atom is 0.237 e. The quantitative estimate of drug-likeness (QED) is 0.702. The zero-order valence-corrected chi connectivity index (χ0v) is 11.3. The molecule has 0 aromatic carbocycles. The summed E-state index contributed by atoms with van der Waals surface area (Å²) in [5.74, 6) is 1.62. The van der Waals surface area contributed by atoms with Crippen molar-refractivity contribution in [1.82, 2.24) is 10.6 Å². The fraction of sp³-hybridized carbons (Fsp3) is 0.929. The Kier molecular flexibility index (Phi) is 5.01. The summed E-state index contributed by atoms with van der Waals surface area (Å²) in [6.45, 7) is 3.62. The van der Waals surface area contributed by atoms with Gasteiger partial charge in [0.1, 0.15) is 0 Å². The molecular weight excluding hydrogens is 228 g/mol. The second kappa shape index (κ2) is 6.53. The van der Waals surface area contributed by atoms with Crippen LogP contribution in [0.1, 0.15) is 45.4 Å². The van der Waals surface area contributed by atoms with E-state index < -0.39 is 0 Å². The molecule has 0 bridgehead atoms. The lowest BCUT2D eigenvalue weighted by atomic mass is 9.81. The molecule has 2 aliphatic rings. The Hall–Kier alpha value is -0.610. The molecular formula is C14H26N2O2. The van der Waals surface area contributed by atoms with Gasteiger partial charge in [0.25, 0.3) is 0 Å². The zero-order chi connectivity index (χ0) is 13.0. The average molecular weight is 254 g/mol. The number of nitrogens with one attached hydrogen (secondary N) is 2. The molecule has 1 saturated heterocycles. The summed E-state index contributed by atoms with van der Waals surface area (Å²) in [7, 11) is 0. The van der Waals surface area contributed by atoms with Crippen molar-refractivity contribution in [3.63, 3.8) is 0 Å². The van der Waals surface area contributed by atoms with E-state index in [4.69, 9.17) is 0 Å². The number of rotatable bonds is 4. The Morgan fingerprint density at radius 1 is 1.28 bits per heavy atom. The highest BCUT2D eigenvalue weighted by atomic mass is 16.3. The van der Waals surface area contributed by atoms with Gasteiger partial charge >= 0.3 is 0 Å². The van der Waals surface area contributed by atoms with E-state index in [-0.39, 0.29) is 18.1 Å². The number of aliphatic hydroxyl groups is 1. The second-order valence-electron chi connectivity index (χ2n) is 5.89. The van der Waals surface area contributed by atoms with Crippen molar-refractivity contribution in [1.29, 1.82) is 0 Å². The van der Waals surface area contributed by atoms with Crippen molar-refractivity contribution in [2.24, 2.45) is 11.8 Å². The van der Waals surface area contributed by atoms with Crippen LogP contribution in [0, 0.1) is 11.8 Å². The molecule has 2 atom stereocenters. The minimum Gasteiger partial charge on any atom is -0.392 e. The Labute approximate surface area is 110 Å². The Bertz CT molecular complexity index is 275. The van der Waals surface area contributed by atoms with Gasteiger partial charge in [-0.1, -0.05) is 26.2 Å². The summed E-state index contributed by atoms with van der Waals surface area (Å²) in [6.07, 6.45) is 6.62. The predicted octanol–water partition coefficient (Wildman–Crippen LogP) is 1.04. The lowest BCUT2D eigenvalue weighted by Gasteiger charge is -2.28. The van der Waals surface area contributed by atoms with Gasteiger partial charge in [-0.3, -0.25) is 4.79 Å². The van der Waals surface area contributed by atoms with E-state index in [9.17, 15) is 9.90 Å². The molecule has 104 valence electrons. The first-order valence-electron chi connectivity index (χ1n) is 7.38. The Morgan fingerprint density at radius 3 is 2.50 bits per heavy atom. The van der Waals surface area contributed by atoms with Gasteiger partial charge in [0.2, 0.25) is 5.91 Å². The summed E-state index contributed by atoms with van der Waals surface area (Å²) in [5, 5.41) is 15.5. The highest BCUT2D eigenvalue weighted by Gasteiger charge is 2.28. The van der Waals surface area contributed by atoms with E-state index >= 15 is 0 Å². The normalized spacial score (nSPS) is 36.6. The van der Waals surface area contributed by atoms with Gasteiger partial charge in [-0.05, 0) is 31.1 Å². The SMILES string of the molecule is CCC1CCC(CNC(=O)C2CC(O)CN2)CC1. The number of β-amino-alcohol motifs (C(OH)–C–C–N with tert-alkyl or cyclic N) is 1. The largest absolute Gasteiger partial charge is 0.392 e. The molecule has 0 aromatic heterocycles. The van der Waals surface area contributed by atoms with E-state index in [1.54, 1.807) is 0 Å². The summed E-state index contributed by atoms with van der Waals surface area (Å²) in [5.41, 5.74) is 0. The lowest BCUT2D eigenvalue weighted by molar-refractivity contribution is -0.123.